The highest BCUT2D eigenvalue weighted by Gasteiger charge is 2.10. The molecule has 4 nitrogen and oxygen atoms in total. The highest BCUT2D eigenvalue weighted by atomic mass is 16.5. The van der Waals surface area contributed by atoms with Crippen molar-refractivity contribution in [2.24, 2.45) is 0 Å². The van der Waals surface area contributed by atoms with E-state index in [1.165, 1.54) is 5.56 Å². The van der Waals surface area contributed by atoms with Gasteiger partial charge in [0.15, 0.2) is 6.61 Å². The van der Waals surface area contributed by atoms with Crippen LogP contribution < -0.4 is 4.74 Å². The van der Waals surface area contributed by atoms with E-state index in [4.69, 9.17) is 9.15 Å². The average molecular weight is 294 g/mol. The fourth-order valence-corrected chi connectivity index (χ4v) is 2.28. The zero-order valence-corrected chi connectivity index (χ0v) is 12.7. The second-order valence-corrected chi connectivity index (χ2v) is 5.12. The molecule has 2 aromatic carbocycles. The molecule has 0 unspecified atom stereocenters. The van der Waals surface area contributed by atoms with Crippen LogP contribution in [0.2, 0.25) is 0 Å². The Bertz CT molecular complexity index is 765. The Morgan fingerprint density at radius 1 is 1.05 bits per heavy atom. The molecular formula is C18H18N2O2. The maximum atomic E-state index is 5.79. The first-order chi connectivity index (χ1) is 10.8. The first-order valence-corrected chi connectivity index (χ1v) is 7.36. The van der Waals surface area contributed by atoms with E-state index in [0.29, 0.717) is 11.8 Å². The fourth-order valence-electron chi connectivity index (χ4n) is 2.28. The van der Waals surface area contributed by atoms with E-state index in [1.807, 2.05) is 49.4 Å². The monoisotopic (exact) mass is 294 g/mol. The summed E-state index contributed by atoms with van der Waals surface area (Å²) in [5.74, 6) is 1.86. The lowest BCUT2D eigenvalue weighted by atomic mass is 10.1. The van der Waals surface area contributed by atoms with Crippen LogP contribution in [0.4, 0.5) is 0 Å². The third-order valence-corrected chi connectivity index (χ3v) is 3.44. The summed E-state index contributed by atoms with van der Waals surface area (Å²) in [7, 11) is 0. The largest absolute Gasteiger partial charge is 0.484 e. The van der Waals surface area contributed by atoms with Crippen LogP contribution >= 0.6 is 0 Å². The van der Waals surface area contributed by atoms with Crippen LogP contribution in [-0.2, 0) is 13.0 Å². The maximum Gasteiger partial charge on any atom is 0.254 e. The van der Waals surface area contributed by atoms with Gasteiger partial charge >= 0.3 is 0 Å². The second-order valence-electron chi connectivity index (χ2n) is 5.12. The second kappa shape index (κ2) is 6.43. The van der Waals surface area contributed by atoms with Crippen molar-refractivity contribution in [1.29, 1.82) is 0 Å². The van der Waals surface area contributed by atoms with E-state index < -0.39 is 0 Å². The van der Waals surface area contributed by atoms with Gasteiger partial charge in [-0.3, -0.25) is 0 Å². The van der Waals surface area contributed by atoms with Crippen molar-refractivity contribution in [1.82, 2.24) is 10.2 Å². The van der Waals surface area contributed by atoms with Crippen LogP contribution in [0.25, 0.3) is 11.5 Å². The smallest absolute Gasteiger partial charge is 0.254 e. The van der Waals surface area contributed by atoms with Gasteiger partial charge in [0, 0.05) is 5.56 Å². The molecular weight excluding hydrogens is 276 g/mol. The van der Waals surface area contributed by atoms with Gasteiger partial charge in [-0.1, -0.05) is 42.8 Å². The van der Waals surface area contributed by atoms with Gasteiger partial charge in [-0.05, 0) is 37.1 Å². The van der Waals surface area contributed by atoms with Crippen molar-refractivity contribution in [2.75, 3.05) is 0 Å². The summed E-state index contributed by atoms with van der Waals surface area (Å²) in [6.45, 7) is 4.41. The Hall–Kier alpha value is -2.62. The molecule has 3 rings (SSSR count). The van der Waals surface area contributed by atoms with E-state index in [2.05, 4.69) is 23.2 Å². The molecule has 0 amide bonds. The number of rotatable bonds is 5. The number of nitrogens with zero attached hydrogens (tertiary/aromatic N) is 2. The van der Waals surface area contributed by atoms with Gasteiger partial charge in [-0.25, -0.2) is 0 Å². The van der Waals surface area contributed by atoms with Gasteiger partial charge in [0.1, 0.15) is 5.75 Å². The molecule has 0 saturated heterocycles. The summed E-state index contributed by atoms with van der Waals surface area (Å²) in [5, 5.41) is 8.14. The molecule has 0 atom stereocenters. The standard InChI is InChI=1S/C18H18N2O2/c1-3-14-8-4-5-10-16(14)21-12-17-19-20-18(22-17)15-9-6-7-13(2)11-15/h4-11H,3,12H2,1-2H3. The van der Waals surface area contributed by atoms with Crippen LogP contribution in [0, 0.1) is 6.92 Å². The van der Waals surface area contributed by atoms with E-state index in [0.717, 1.165) is 23.3 Å². The van der Waals surface area contributed by atoms with Gasteiger partial charge in [-0.15, -0.1) is 10.2 Å². The molecule has 1 heterocycles. The molecule has 0 bridgehead atoms. The predicted molar refractivity (Wildman–Crippen MR) is 84.6 cm³/mol. The van der Waals surface area contributed by atoms with Crippen LogP contribution in [0.5, 0.6) is 5.75 Å². The normalized spacial score (nSPS) is 10.6. The zero-order valence-electron chi connectivity index (χ0n) is 12.7. The lowest BCUT2D eigenvalue weighted by Gasteiger charge is -2.07. The third-order valence-electron chi connectivity index (χ3n) is 3.44. The number of aromatic nitrogens is 2. The summed E-state index contributed by atoms with van der Waals surface area (Å²) in [5.41, 5.74) is 3.25. The van der Waals surface area contributed by atoms with Crippen molar-refractivity contribution >= 4 is 0 Å². The van der Waals surface area contributed by atoms with Crippen molar-refractivity contribution < 1.29 is 9.15 Å². The molecule has 0 N–H and O–H groups in total. The average Bonchev–Trinajstić information content (AvgIpc) is 3.02. The number of aryl methyl sites for hydroxylation is 2. The van der Waals surface area contributed by atoms with Crippen molar-refractivity contribution in [3.05, 3.63) is 65.5 Å². The molecule has 112 valence electrons. The maximum absolute atomic E-state index is 5.79. The molecule has 0 radical (unpaired) electrons. The van der Waals surface area contributed by atoms with E-state index in [9.17, 15) is 0 Å². The SMILES string of the molecule is CCc1ccccc1OCc1nnc(-c2cccc(C)c2)o1. The summed E-state index contributed by atoms with van der Waals surface area (Å²) in [6.07, 6.45) is 0.925. The minimum Gasteiger partial charge on any atom is -0.484 e. The van der Waals surface area contributed by atoms with Crippen molar-refractivity contribution in [2.45, 2.75) is 26.9 Å². The van der Waals surface area contributed by atoms with Gasteiger partial charge in [0.2, 0.25) is 5.89 Å². The minimum absolute atomic E-state index is 0.274. The Morgan fingerprint density at radius 2 is 1.91 bits per heavy atom. The molecule has 0 saturated carbocycles. The molecule has 22 heavy (non-hydrogen) atoms. The van der Waals surface area contributed by atoms with Gasteiger partial charge in [-0.2, -0.15) is 0 Å². The molecule has 0 aliphatic carbocycles. The summed E-state index contributed by atoms with van der Waals surface area (Å²) in [4.78, 5) is 0. The van der Waals surface area contributed by atoms with Gasteiger partial charge in [0.25, 0.3) is 5.89 Å². The predicted octanol–water partition coefficient (Wildman–Crippen LogP) is 4.19. The quantitative estimate of drug-likeness (QED) is 0.708. The Labute approximate surface area is 129 Å². The van der Waals surface area contributed by atoms with Gasteiger partial charge in [0.05, 0.1) is 0 Å². The highest BCUT2D eigenvalue weighted by molar-refractivity contribution is 5.53. The number of benzene rings is 2. The number of ether oxygens (including phenoxy) is 1. The van der Waals surface area contributed by atoms with Crippen LogP contribution in [-0.4, -0.2) is 10.2 Å². The lowest BCUT2D eigenvalue weighted by Crippen LogP contribution is -1.98. The first kappa shape index (κ1) is 14.3. The van der Waals surface area contributed by atoms with E-state index in [-0.39, 0.29) is 6.61 Å². The highest BCUT2D eigenvalue weighted by Crippen LogP contribution is 2.22. The Balaban J connectivity index is 1.72. The molecule has 3 aromatic rings. The van der Waals surface area contributed by atoms with Crippen molar-refractivity contribution in [3.8, 4) is 17.2 Å². The molecule has 0 fully saturated rings. The fraction of sp³-hybridized carbons (Fsp3) is 0.222. The zero-order chi connectivity index (χ0) is 15.4. The number of hydrogen-bond donors (Lipinski definition) is 0. The molecule has 1 aromatic heterocycles. The Kier molecular flexibility index (Phi) is 4.19. The van der Waals surface area contributed by atoms with E-state index in [1.54, 1.807) is 0 Å². The minimum atomic E-state index is 0.274. The van der Waals surface area contributed by atoms with E-state index >= 15 is 0 Å². The topological polar surface area (TPSA) is 48.2 Å². The molecule has 0 aliphatic heterocycles. The van der Waals surface area contributed by atoms with Crippen LogP contribution in [0.1, 0.15) is 23.9 Å². The number of para-hydroxylation sites is 1. The Morgan fingerprint density at radius 3 is 2.73 bits per heavy atom. The third kappa shape index (κ3) is 3.17. The summed E-state index contributed by atoms with van der Waals surface area (Å²) in [6, 6.07) is 16.0. The van der Waals surface area contributed by atoms with Gasteiger partial charge < -0.3 is 9.15 Å². The number of hydrogen-bond acceptors (Lipinski definition) is 4. The lowest BCUT2D eigenvalue weighted by molar-refractivity contribution is 0.262. The van der Waals surface area contributed by atoms with Crippen LogP contribution in [0.3, 0.4) is 0 Å². The molecule has 0 aliphatic rings. The van der Waals surface area contributed by atoms with Crippen LogP contribution in [0.15, 0.2) is 52.9 Å². The molecule has 0 spiro atoms. The first-order valence-electron chi connectivity index (χ1n) is 7.36. The summed E-state index contributed by atoms with van der Waals surface area (Å²) < 4.78 is 11.5. The molecule has 4 heteroatoms. The summed E-state index contributed by atoms with van der Waals surface area (Å²) >= 11 is 0. The van der Waals surface area contributed by atoms with Crippen molar-refractivity contribution in [3.63, 3.8) is 0 Å².